The van der Waals surface area contributed by atoms with Gasteiger partial charge in [0.25, 0.3) is 5.69 Å². The minimum absolute atomic E-state index is 0.0313. The van der Waals surface area contributed by atoms with Gasteiger partial charge in [-0.05, 0) is 17.1 Å². The molecule has 0 aliphatic rings. The lowest BCUT2D eigenvalue weighted by Crippen LogP contribution is -2.06. The summed E-state index contributed by atoms with van der Waals surface area (Å²) < 4.78 is 20.8. The quantitative estimate of drug-likeness (QED) is 0.308. The van der Waals surface area contributed by atoms with Crippen LogP contribution in [0.4, 0.5) is 5.69 Å². The lowest BCUT2D eigenvalue weighted by molar-refractivity contribution is -0.385. The highest BCUT2D eigenvalue weighted by atomic mass is 80.0. The van der Waals surface area contributed by atoms with Crippen LogP contribution in [-0.2, 0) is 13.2 Å². The molecule has 0 saturated heterocycles. The third-order valence-electron chi connectivity index (χ3n) is 1.66. The molecule has 1 aromatic carbocycles. The van der Waals surface area contributed by atoms with E-state index in [-0.39, 0.29) is 16.1 Å². The summed E-state index contributed by atoms with van der Waals surface area (Å²) in [5, 5.41) is 10.6. The number of rotatable bonds is 2. The normalized spacial score (nSPS) is 13.5. The number of alkyl halides is 3. The van der Waals surface area contributed by atoms with Crippen molar-refractivity contribution in [3.05, 3.63) is 33.9 Å². The second-order valence-corrected chi connectivity index (χ2v) is 10.3. The number of nitro benzene ring substituents is 1. The fraction of sp³-hybridized carbons (Fsp3) is 0.143. The van der Waals surface area contributed by atoms with Crippen molar-refractivity contribution < 1.29 is 13.7 Å². The van der Waals surface area contributed by atoms with E-state index < -0.39 is 18.1 Å². The van der Waals surface area contributed by atoms with Gasteiger partial charge in [-0.3, -0.25) is 14.3 Å². The van der Waals surface area contributed by atoms with Crippen molar-refractivity contribution in [1.82, 2.24) is 0 Å². The van der Waals surface area contributed by atoms with Gasteiger partial charge in [-0.15, -0.1) is 0 Å². The number of benzene rings is 1. The Morgan fingerprint density at radius 1 is 1.31 bits per heavy atom. The minimum Gasteiger partial charge on any atom is -0.768 e. The van der Waals surface area contributed by atoms with Gasteiger partial charge in [-0.2, -0.15) is 0 Å². The number of halogens is 3. The molecule has 0 radical (unpaired) electrons. The molecule has 88 valence electrons. The Hall–Kier alpha value is 0.170. The van der Waals surface area contributed by atoms with E-state index in [1.54, 1.807) is 0 Å². The second-order valence-electron chi connectivity index (χ2n) is 2.67. The minimum atomic E-state index is -2.47. The van der Waals surface area contributed by atoms with Crippen LogP contribution < -0.4 is 0 Å². The summed E-state index contributed by atoms with van der Waals surface area (Å²) in [4.78, 5) is 9.94. The van der Waals surface area contributed by atoms with Gasteiger partial charge in [-0.1, -0.05) is 47.8 Å². The molecule has 0 fully saturated rings. The SMILES string of the molecule is O=[N+]([O-])c1ccc(S(=O)[O-])c(C(Br)(Br)Br)c1. The van der Waals surface area contributed by atoms with Crippen LogP contribution in [0.15, 0.2) is 23.1 Å². The summed E-state index contributed by atoms with van der Waals surface area (Å²) in [6.45, 7) is 0. The Morgan fingerprint density at radius 2 is 1.88 bits per heavy atom. The molecular weight excluding hydrogens is 434 g/mol. The fourth-order valence-corrected chi connectivity index (χ4v) is 2.95. The monoisotopic (exact) mass is 434 g/mol. The van der Waals surface area contributed by atoms with Crippen molar-refractivity contribution >= 4 is 64.6 Å². The molecule has 0 aliphatic carbocycles. The summed E-state index contributed by atoms with van der Waals surface area (Å²) in [5.41, 5.74) is 0.0157. The first-order chi connectivity index (χ1) is 7.23. The first kappa shape index (κ1) is 14.2. The van der Waals surface area contributed by atoms with Gasteiger partial charge in [0, 0.05) is 22.6 Å². The van der Waals surface area contributed by atoms with Gasteiger partial charge in [0.1, 0.15) is 0 Å². The molecule has 0 aromatic heterocycles. The molecule has 0 saturated carbocycles. The first-order valence-electron chi connectivity index (χ1n) is 3.68. The Balaban J connectivity index is 3.45. The molecule has 0 heterocycles. The third-order valence-corrected chi connectivity index (χ3v) is 3.66. The van der Waals surface area contributed by atoms with Crippen molar-refractivity contribution in [3.8, 4) is 0 Å². The first-order valence-corrected chi connectivity index (χ1v) is 7.14. The van der Waals surface area contributed by atoms with Crippen molar-refractivity contribution in [1.29, 1.82) is 0 Å². The van der Waals surface area contributed by atoms with Crippen molar-refractivity contribution in [2.45, 2.75) is 7.04 Å². The number of nitro groups is 1. The van der Waals surface area contributed by atoms with E-state index in [1.165, 1.54) is 12.1 Å². The molecule has 9 heteroatoms. The molecule has 0 spiro atoms. The molecule has 5 nitrogen and oxygen atoms in total. The lowest BCUT2D eigenvalue weighted by Gasteiger charge is -2.18. The number of non-ortho nitro benzene ring substituents is 1. The molecule has 1 atom stereocenters. The van der Waals surface area contributed by atoms with Crippen LogP contribution in [0.3, 0.4) is 0 Å². The van der Waals surface area contributed by atoms with E-state index >= 15 is 0 Å². The maximum absolute atomic E-state index is 10.9. The molecule has 0 aliphatic heterocycles. The van der Waals surface area contributed by atoms with Crippen molar-refractivity contribution in [3.63, 3.8) is 0 Å². The number of hydrogen-bond donors (Lipinski definition) is 0. The van der Waals surface area contributed by atoms with Crippen LogP contribution in [0.25, 0.3) is 0 Å². The lowest BCUT2D eigenvalue weighted by atomic mass is 10.2. The van der Waals surface area contributed by atoms with Gasteiger partial charge in [0.15, 0.2) is 2.14 Å². The highest BCUT2D eigenvalue weighted by molar-refractivity contribution is 9.38. The zero-order valence-electron chi connectivity index (χ0n) is 7.35. The standard InChI is InChI=1S/C7H4Br3NO4S/c8-7(9,10)5-3-4(11(12)13)1-2-6(5)16(14)15/h1-3H,(H,14,15)/p-1. The van der Waals surface area contributed by atoms with E-state index in [4.69, 9.17) is 0 Å². The summed E-state index contributed by atoms with van der Waals surface area (Å²) in [5.74, 6) is 0. The zero-order valence-corrected chi connectivity index (χ0v) is 12.9. The van der Waals surface area contributed by atoms with Crippen LogP contribution in [0.1, 0.15) is 5.56 Å². The van der Waals surface area contributed by atoms with E-state index in [9.17, 15) is 18.9 Å². The molecule has 0 N–H and O–H groups in total. The third kappa shape index (κ3) is 3.33. The highest BCUT2D eigenvalue weighted by Crippen LogP contribution is 2.47. The van der Waals surface area contributed by atoms with Crippen molar-refractivity contribution in [2.24, 2.45) is 0 Å². The average molecular weight is 437 g/mol. The smallest absolute Gasteiger partial charge is 0.269 e. The predicted octanol–water partition coefficient (Wildman–Crippen LogP) is 3.13. The molecule has 1 rings (SSSR count). The van der Waals surface area contributed by atoms with Gasteiger partial charge in [0.2, 0.25) is 0 Å². The fourth-order valence-electron chi connectivity index (χ4n) is 0.998. The highest BCUT2D eigenvalue weighted by Gasteiger charge is 2.27. The van der Waals surface area contributed by atoms with E-state index in [0.717, 1.165) is 6.07 Å². The molecule has 1 aromatic rings. The molecule has 0 bridgehead atoms. The summed E-state index contributed by atoms with van der Waals surface area (Å²) in [6, 6.07) is 3.48. The second kappa shape index (κ2) is 5.21. The maximum Gasteiger partial charge on any atom is 0.269 e. The van der Waals surface area contributed by atoms with E-state index in [0.29, 0.717) is 0 Å². The van der Waals surface area contributed by atoms with Crippen LogP contribution in [0.5, 0.6) is 0 Å². The predicted molar refractivity (Wildman–Crippen MR) is 68.7 cm³/mol. The number of nitrogens with zero attached hydrogens (tertiary/aromatic N) is 1. The Bertz CT molecular complexity index is 459. The summed E-state index contributed by atoms with van der Waals surface area (Å²) in [6.07, 6.45) is 0. The van der Waals surface area contributed by atoms with Gasteiger partial charge >= 0.3 is 0 Å². The van der Waals surface area contributed by atoms with E-state index in [1.807, 2.05) is 0 Å². The molecule has 1 unspecified atom stereocenters. The average Bonchev–Trinajstić information content (AvgIpc) is 2.15. The Morgan fingerprint density at radius 3 is 2.25 bits per heavy atom. The molecular formula is C7H3Br3NO4S-. The van der Waals surface area contributed by atoms with Crippen LogP contribution >= 0.6 is 47.8 Å². The van der Waals surface area contributed by atoms with Crippen LogP contribution in [-0.4, -0.2) is 13.7 Å². The Kier molecular flexibility index (Phi) is 4.64. The zero-order chi connectivity index (χ0) is 12.5. The van der Waals surface area contributed by atoms with Gasteiger partial charge in [0.05, 0.1) is 4.92 Å². The molecule has 16 heavy (non-hydrogen) atoms. The van der Waals surface area contributed by atoms with Crippen molar-refractivity contribution in [2.75, 3.05) is 0 Å². The van der Waals surface area contributed by atoms with Crippen LogP contribution in [0.2, 0.25) is 0 Å². The summed E-state index contributed by atoms with van der Waals surface area (Å²) >= 11 is 6.91. The summed E-state index contributed by atoms with van der Waals surface area (Å²) in [7, 11) is 0. The Labute approximate surface area is 118 Å². The maximum atomic E-state index is 10.9. The topological polar surface area (TPSA) is 83.3 Å². The number of hydrogen-bond acceptors (Lipinski definition) is 4. The van der Waals surface area contributed by atoms with Gasteiger partial charge in [-0.25, -0.2) is 0 Å². The largest absolute Gasteiger partial charge is 0.768 e. The molecule has 0 amide bonds. The van der Waals surface area contributed by atoms with Gasteiger partial charge < -0.3 is 4.55 Å². The van der Waals surface area contributed by atoms with Crippen LogP contribution in [0, 0.1) is 10.1 Å². The van der Waals surface area contributed by atoms with E-state index in [2.05, 4.69) is 47.8 Å².